The van der Waals surface area contributed by atoms with Crippen LogP contribution in [0.15, 0.2) is 18.5 Å². The second-order valence-corrected chi connectivity index (χ2v) is 7.14. The molecule has 0 radical (unpaired) electrons. The number of rotatable bonds is 2. The maximum atomic E-state index is 12.7. The van der Waals surface area contributed by atoms with Gasteiger partial charge in [0.2, 0.25) is 0 Å². The van der Waals surface area contributed by atoms with Crippen LogP contribution in [-0.2, 0) is 0 Å². The fraction of sp³-hybridized carbons (Fsp3) is 0.500. The van der Waals surface area contributed by atoms with Crippen molar-refractivity contribution in [1.82, 2.24) is 9.88 Å². The summed E-state index contributed by atoms with van der Waals surface area (Å²) in [4.78, 5) is 19.4. The van der Waals surface area contributed by atoms with Gasteiger partial charge in [0, 0.05) is 30.9 Å². The molecule has 1 fully saturated rings. The lowest BCUT2D eigenvalue weighted by atomic mass is 9.87. The van der Waals surface area contributed by atoms with Crippen LogP contribution < -0.4 is 5.73 Å². The predicted molar refractivity (Wildman–Crippen MR) is 87.5 cm³/mol. The molecule has 2 aromatic heterocycles. The van der Waals surface area contributed by atoms with Crippen LogP contribution in [0.3, 0.4) is 0 Å². The number of nitrogens with two attached hydrogens (primary N) is 1. The Morgan fingerprint density at radius 3 is 2.76 bits per heavy atom. The Morgan fingerprint density at radius 1 is 1.43 bits per heavy atom. The number of nitrogen functional groups attached to an aromatic ring is 1. The van der Waals surface area contributed by atoms with Crippen molar-refractivity contribution < 1.29 is 4.79 Å². The zero-order valence-corrected chi connectivity index (χ0v) is 13.3. The number of carbonyl (C=O) groups excluding carboxylic acids is 1. The molecule has 4 nitrogen and oxygen atoms in total. The minimum Gasteiger partial charge on any atom is -0.397 e. The molecule has 1 aliphatic rings. The Bertz CT molecular complexity index is 657. The van der Waals surface area contributed by atoms with Crippen molar-refractivity contribution in [2.75, 3.05) is 18.8 Å². The number of aromatic nitrogens is 1. The molecular formula is C16H21N3OS. The van der Waals surface area contributed by atoms with E-state index in [2.05, 4.69) is 18.8 Å². The average Bonchev–Trinajstić information content (AvgIpc) is 2.84. The number of fused-ring (bicyclic) bond motifs is 1. The first-order valence-corrected chi connectivity index (χ1v) is 8.31. The maximum Gasteiger partial charge on any atom is 0.266 e. The summed E-state index contributed by atoms with van der Waals surface area (Å²) in [5.74, 6) is 1.51. The van der Waals surface area contributed by atoms with Crippen LogP contribution in [0.25, 0.3) is 10.1 Å². The Morgan fingerprint density at radius 2 is 2.14 bits per heavy atom. The molecule has 2 N–H and O–H groups in total. The van der Waals surface area contributed by atoms with E-state index in [4.69, 9.17) is 5.73 Å². The maximum absolute atomic E-state index is 12.7. The van der Waals surface area contributed by atoms with Gasteiger partial charge in [0.25, 0.3) is 5.91 Å². The van der Waals surface area contributed by atoms with Crippen molar-refractivity contribution in [2.24, 2.45) is 11.8 Å². The highest BCUT2D eigenvalue weighted by Gasteiger charge is 2.27. The lowest BCUT2D eigenvalue weighted by molar-refractivity contribution is 0.0673. The summed E-state index contributed by atoms with van der Waals surface area (Å²) >= 11 is 1.45. The second kappa shape index (κ2) is 5.64. The average molecular weight is 303 g/mol. The third kappa shape index (κ3) is 2.62. The van der Waals surface area contributed by atoms with E-state index >= 15 is 0 Å². The van der Waals surface area contributed by atoms with E-state index in [1.807, 2.05) is 11.0 Å². The van der Waals surface area contributed by atoms with Crippen LogP contribution in [0.1, 0.15) is 36.4 Å². The highest BCUT2D eigenvalue weighted by atomic mass is 32.1. The molecule has 0 aromatic carbocycles. The van der Waals surface area contributed by atoms with Gasteiger partial charge in [-0.25, -0.2) is 0 Å². The first kappa shape index (κ1) is 14.3. The Balaban J connectivity index is 1.80. The molecule has 0 unspecified atom stereocenters. The van der Waals surface area contributed by atoms with Gasteiger partial charge in [0.1, 0.15) is 4.88 Å². The SMILES string of the molecule is CC(C)C1CCN(C(=O)c2sc3cnccc3c2N)CC1. The number of hydrogen-bond acceptors (Lipinski definition) is 4. The fourth-order valence-electron chi connectivity index (χ4n) is 3.04. The van der Waals surface area contributed by atoms with E-state index < -0.39 is 0 Å². The minimum atomic E-state index is 0.0795. The number of piperidine rings is 1. The molecule has 0 bridgehead atoms. The molecular weight excluding hydrogens is 282 g/mol. The first-order valence-electron chi connectivity index (χ1n) is 7.49. The van der Waals surface area contributed by atoms with Gasteiger partial charge in [-0.05, 0) is 30.7 Å². The number of hydrogen-bond donors (Lipinski definition) is 1. The Hall–Kier alpha value is -1.62. The summed E-state index contributed by atoms with van der Waals surface area (Å²) in [6.45, 7) is 6.21. The third-order valence-electron chi connectivity index (χ3n) is 4.50. The molecule has 21 heavy (non-hydrogen) atoms. The highest BCUT2D eigenvalue weighted by molar-refractivity contribution is 7.21. The van der Waals surface area contributed by atoms with Gasteiger partial charge in [-0.2, -0.15) is 0 Å². The van der Waals surface area contributed by atoms with Crippen molar-refractivity contribution >= 4 is 33.0 Å². The van der Waals surface area contributed by atoms with Crippen LogP contribution in [0.5, 0.6) is 0 Å². The van der Waals surface area contributed by atoms with Crippen LogP contribution >= 0.6 is 11.3 Å². The van der Waals surface area contributed by atoms with Gasteiger partial charge in [-0.3, -0.25) is 9.78 Å². The van der Waals surface area contributed by atoms with E-state index in [-0.39, 0.29) is 5.91 Å². The quantitative estimate of drug-likeness (QED) is 0.925. The Labute approximate surface area is 129 Å². The second-order valence-electron chi connectivity index (χ2n) is 6.09. The molecule has 1 amide bonds. The molecule has 0 atom stereocenters. The molecule has 5 heteroatoms. The monoisotopic (exact) mass is 303 g/mol. The number of anilines is 1. The van der Waals surface area contributed by atoms with Gasteiger partial charge in [-0.15, -0.1) is 11.3 Å². The van der Waals surface area contributed by atoms with Gasteiger partial charge in [-0.1, -0.05) is 13.8 Å². The first-order chi connectivity index (χ1) is 10.1. The summed E-state index contributed by atoms with van der Waals surface area (Å²) in [6.07, 6.45) is 5.68. The zero-order valence-electron chi connectivity index (χ0n) is 12.5. The van der Waals surface area contributed by atoms with E-state index in [1.54, 1.807) is 12.4 Å². The van der Waals surface area contributed by atoms with Crippen molar-refractivity contribution in [1.29, 1.82) is 0 Å². The number of carbonyl (C=O) groups is 1. The number of nitrogens with zero attached hydrogens (tertiary/aromatic N) is 2. The van der Waals surface area contributed by atoms with Gasteiger partial charge < -0.3 is 10.6 Å². The molecule has 112 valence electrons. The van der Waals surface area contributed by atoms with Crippen LogP contribution in [0.4, 0.5) is 5.69 Å². The van der Waals surface area contributed by atoms with Crippen molar-refractivity contribution in [3.05, 3.63) is 23.3 Å². The van der Waals surface area contributed by atoms with Crippen molar-refractivity contribution in [3.63, 3.8) is 0 Å². The largest absolute Gasteiger partial charge is 0.397 e. The summed E-state index contributed by atoms with van der Waals surface area (Å²) in [6, 6.07) is 1.88. The molecule has 3 rings (SSSR count). The molecule has 1 aliphatic heterocycles. The minimum absolute atomic E-state index is 0.0795. The van der Waals surface area contributed by atoms with Gasteiger partial charge >= 0.3 is 0 Å². The summed E-state index contributed by atoms with van der Waals surface area (Å²) in [5, 5.41) is 0.940. The molecule has 0 spiro atoms. The molecule has 3 heterocycles. The number of likely N-dealkylation sites (tertiary alicyclic amines) is 1. The van der Waals surface area contributed by atoms with Gasteiger partial charge in [0.05, 0.1) is 10.4 Å². The molecule has 0 saturated carbocycles. The third-order valence-corrected chi connectivity index (χ3v) is 5.64. The normalized spacial score (nSPS) is 16.8. The number of pyridine rings is 1. The van der Waals surface area contributed by atoms with Crippen LogP contribution in [0.2, 0.25) is 0 Å². The number of amides is 1. The fourth-order valence-corrected chi connectivity index (χ4v) is 4.10. The van der Waals surface area contributed by atoms with Crippen molar-refractivity contribution in [2.45, 2.75) is 26.7 Å². The van der Waals surface area contributed by atoms with Crippen molar-refractivity contribution in [3.8, 4) is 0 Å². The summed E-state index contributed by atoms with van der Waals surface area (Å²) in [5.41, 5.74) is 6.76. The van der Waals surface area contributed by atoms with Crippen LogP contribution in [0, 0.1) is 11.8 Å². The highest BCUT2D eigenvalue weighted by Crippen LogP contribution is 2.34. The molecule has 2 aromatic rings. The topological polar surface area (TPSA) is 59.2 Å². The van der Waals surface area contributed by atoms with Crippen LogP contribution in [-0.4, -0.2) is 28.9 Å². The van der Waals surface area contributed by atoms with E-state index in [1.165, 1.54) is 11.3 Å². The lowest BCUT2D eigenvalue weighted by Crippen LogP contribution is -2.39. The predicted octanol–water partition coefficient (Wildman–Crippen LogP) is 3.39. The van der Waals surface area contributed by atoms with E-state index in [0.29, 0.717) is 16.5 Å². The van der Waals surface area contributed by atoms with E-state index in [9.17, 15) is 4.79 Å². The van der Waals surface area contributed by atoms with E-state index in [0.717, 1.165) is 41.9 Å². The number of thiophene rings is 1. The summed E-state index contributed by atoms with van der Waals surface area (Å²) in [7, 11) is 0. The molecule has 0 aliphatic carbocycles. The summed E-state index contributed by atoms with van der Waals surface area (Å²) < 4.78 is 0.982. The Kier molecular flexibility index (Phi) is 3.85. The standard InChI is InChI=1S/C16H21N3OS/c1-10(2)11-4-7-19(8-5-11)16(20)15-14(17)12-3-6-18-9-13(12)21-15/h3,6,9-11H,4-5,7-8,17H2,1-2H3. The molecule has 1 saturated heterocycles. The smallest absolute Gasteiger partial charge is 0.266 e. The zero-order chi connectivity index (χ0) is 15.0. The van der Waals surface area contributed by atoms with Gasteiger partial charge in [0.15, 0.2) is 0 Å². The lowest BCUT2D eigenvalue weighted by Gasteiger charge is -2.33.